The van der Waals surface area contributed by atoms with Crippen LogP contribution in [0, 0.1) is 0 Å². The van der Waals surface area contributed by atoms with Gasteiger partial charge in [-0.1, -0.05) is 30.9 Å². The Kier molecular flexibility index (Phi) is 5.95. The van der Waals surface area contributed by atoms with E-state index in [1.54, 1.807) is 11.8 Å². The zero-order chi connectivity index (χ0) is 16.1. The number of carbonyl (C=O) groups excluding carboxylic acids is 1. The molecule has 0 unspecified atom stereocenters. The first-order valence-electron chi connectivity index (χ1n) is 8.17. The minimum absolute atomic E-state index is 0.130. The van der Waals surface area contributed by atoms with Gasteiger partial charge in [0.05, 0.1) is 10.8 Å². The molecule has 126 valence electrons. The average molecular weight is 356 g/mol. The van der Waals surface area contributed by atoms with Crippen LogP contribution in [0.1, 0.15) is 37.7 Å². The molecule has 0 bridgehead atoms. The molecule has 1 N–H and O–H groups in total. The Morgan fingerprint density at radius 2 is 2.00 bits per heavy atom. The highest BCUT2D eigenvalue weighted by Gasteiger charge is 2.18. The van der Waals surface area contributed by atoms with Crippen LogP contribution in [-0.2, 0) is 10.5 Å². The Balaban J connectivity index is 1.46. The summed E-state index contributed by atoms with van der Waals surface area (Å²) in [6.07, 6.45) is 6.00. The van der Waals surface area contributed by atoms with Gasteiger partial charge in [-0.05, 0) is 30.5 Å². The molecule has 1 aliphatic carbocycles. The van der Waals surface area contributed by atoms with Crippen molar-refractivity contribution < 1.29 is 14.3 Å². The van der Waals surface area contributed by atoms with Crippen LogP contribution in [0.3, 0.4) is 0 Å². The number of fused-ring (bicyclic) bond motifs is 1. The summed E-state index contributed by atoms with van der Waals surface area (Å²) in [5.41, 5.74) is 1.05. The molecule has 0 spiro atoms. The third kappa shape index (κ3) is 4.70. The summed E-state index contributed by atoms with van der Waals surface area (Å²) in [4.78, 5) is 12.0. The van der Waals surface area contributed by atoms with E-state index in [0.717, 1.165) is 24.2 Å². The van der Waals surface area contributed by atoms with Crippen molar-refractivity contribution in [3.05, 3.63) is 22.7 Å². The molecule has 1 fully saturated rings. The topological polar surface area (TPSA) is 47.6 Å². The fourth-order valence-corrected chi connectivity index (χ4v) is 4.09. The Morgan fingerprint density at radius 3 is 2.83 bits per heavy atom. The Hall–Kier alpha value is -1.07. The molecule has 1 aromatic rings. The fourth-order valence-electron chi connectivity index (χ4n) is 3.03. The predicted molar refractivity (Wildman–Crippen MR) is 93.6 cm³/mol. The molecule has 3 rings (SSSR count). The second-order valence-corrected chi connectivity index (χ2v) is 7.39. The first-order valence-corrected chi connectivity index (χ1v) is 9.71. The summed E-state index contributed by atoms with van der Waals surface area (Å²) in [6.45, 7) is 1.08. The lowest BCUT2D eigenvalue weighted by Gasteiger charge is -2.22. The number of nitrogens with one attached hydrogen (secondary N) is 1. The number of halogens is 1. The summed E-state index contributed by atoms with van der Waals surface area (Å²) < 4.78 is 11.1. The van der Waals surface area contributed by atoms with Crippen LogP contribution in [-0.4, -0.2) is 30.9 Å². The predicted octanol–water partition coefficient (Wildman–Crippen LogP) is 3.79. The van der Waals surface area contributed by atoms with Gasteiger partial charge in [-0.15, -0.1) is 11.8 Å². The van der Waals surface area contributed by atoms with Crippen LogP contribution in [0.4, 0.5) is 0 Å². The average Bonchev–Trinajstić information content (AvgIpc) is 2.56. The highest BCUT2D eigenvalue weighted by Crippen LogP contribution is 2.39. The monoisotopic (exact) mass is 355 g/mol. The minimum atomic E-state index is 0.130. The molecule has 4 nitrogen and oxygen atoms in total. The summed E-state index contributed by atoms with van der Waals surface area (Å²) in [6, 6.07) is 4.22. The van der Waals surface area contributed by atoms with Crippen LogP contribution in [0.2, 0.25) is 5.02 Å². The van der Waals surface area contributed by atoms with E-state index in [9.17, 15) is 4.79 Å². The molecule has 0 atom stereocenters. The Bertz CT molecular complexity index is 561. The molecule has 1 aliphatic heterocycles. The van der Waals surface area contributed by atoms with E-state index >= 15 is 0 Å². The van der Waals surface area contributed by atoms with Gasteiger partial charge in [-0.25, -0.2) is 0 Å². The molecular formula is C17H22ClNO3S. The van der Waals surface area contributed by atoms with Gasteiger partial charge in [0.25, 0.3) is 0 Å². The maximum Gasteiger partial charge on any atom is 0.230 e. The SMILES string of the molecule is O=C(CSCc1cc(Cl)c2c(c1)OCCO2)NC1CCCCC1. The lowest BCUT2D eigenvalue weighted by atomic mass is 9.95. The highest BCUT2D eigenvalue weighted by atomic mass is 35.5. The van der Waals surface area contributed by atoms with E-state index in [4.69, 9.17) is 21.1 Å². The number of amides is 1. The van der Waals surface area contributed by atoms with Crippen molar-refractivity contribution in [2.75, 3.05) is 19.0 Å². The number of ether oxygens (including phenoxy) is 2. The maximum atomic E-state index is 12.0. The molecule has 1 aromatic carbocycles. The molecule has 0 radical (unpaired) electrons. The van der Waals surface area contributed by atoms with Crippen LogP contribution in [0.5, 0.6) is 11.5 Å². The number of hydrogen-bond acceptors (Lipinski definition) is 4. The van der Waals surface area contributed by atoms with Crippen LogP contribution in [0.25, 0.3) is 0 Å². The van der Waals surface area contributed by atoms with Crippen molar-refractivity contribution >= 4 is 29.3 Å². The van der Waals surface area contributed by atoms with Gasteiger partial charge in [0.2, 0.25) is 5.91 Å². The number of benzene rings is 1. The lowest BCUT2D eigenvalue weighted by Crippen LogP contribution is -2.37. The largest absolute Gasteiger partial charge is 0.486 e. The molecule has 1 saturated carbocycles. The van der Waals surface area contributed by atoms with E-state index in [2.05, 4.69) is 5.32 Å². The molecular weight excluding hydrogens is 334 g/mol. The van der Waals surface area contributed by atoms with E-state index in [-0.39, 0.29) is 5.91 Å². The number of thioether (sulfide) groups is 1. The minimum Gasteiger partial charge on any atom is -0.486 e. The zero-order valence-corrected chi connectivity index (χ0v) is 14.7. The third-order valence-corrected chi connectivity index (χ3v) is 5.41. The quantitative estimate of drug-likeness (QED) is 0.872. The molecule has 2 aliphatic rings. The molecule has 0 saturated heterocycles. The van der Waals surface area contributed by atoms with Crippen LogP contribution in [0.15, 0.2) is 12.1 Å². The van der Waals surface area contributed by atoms with Crippen molar-refractivity contribution in [2.24, 2.45) is 0 Å². The van der Waals surface area contributed by atoms with Crippen molar-refractivity contribution in [2.45, 2.75) is 43.9 Å². The van der Waals surface area contributed by atoms with Crippen LogP contribution >= 0.6 is 23.4 Å². The van der Waals surface area contributed by atoms with Crippen molar-refractivity contribution in [1.82, 2.24) is 5.32 Å². The molecule has 1 amide bonds. The Labute approximate surface area is 146 Å². The maximum absolute atomic E-state index is 12.0. The van der Waals surface area contributed by atoms with E-state index < -0.39 is 0 Å². The van der Waals surface area contributed by atoms with Gasteiger partial charge in [0.15, 0.2) is 11.5 Å². The smallest absolute Gasteiger partial charge is 0.230 e. The summed E-state index contributed by atoms with van der Waals surface area (Å²) in [7, 11) is 0. The third-order valence-electron chi connectivity index (χ3n) is 4.13. The van der Waals surface area contributed by atoms with E-state index in [1.807, 2.05) is 12.1 Å². The van der Waals surface area contributed by atoms with Gasteiger partial charge in [-0.2, -0.15) is 0 Å². The summed E-state index contributed by atoms with van der Waals surface area (Å²) >= 11 is 7.82. The number of rotatable bonds is 5. The summed E-state index contributed by atoms with van der Waals surface area (Å²) in [5, 5.41) is 3.71. The zero-order valence-electron chi connectivity index (χ0n) is 13.1. The number of hydrogen-bond donors (Lipinski definition) is 1. The molecule has 1 heterocycles. The molecule has 0 aromatic heterocycles. The van der Waals surface area contributed by atoms with Crippen molar-refractivity contribution in [1.29, 1.82) is 0 Å². The molecule has 23 heavy (non-hydrogen) atoms. The first-order chi connectivity index (χ1) is 11.2. The lowest BCUT2D eigenvalue weighted by molar-refractivity contribution is -0.119. The van der Waals surface area contributed by atoms with E-state index in [0.29, 0.717) is 41.5 Å². The fraction of sp³-hybridized carbons (Fsp3) is 0.588. The Morgan fingerprint density at radius 1 is 1.22 bits per heavy atom. The van der Waals surface area contributed by atoms with Crippen LogP contribution < -0.4 is 14.8 Å². The van der Waals surface area contributed by atoms with Gasteiger partial charge >= 0.3 is 0 Å². The second kappa shape index (κ2) is 8.15. The van der Waals surface area contributed by atoms with Gasteiger partial charge in [0.1, 0.15) is 13.2 Å². The van der Waals surface area contributed by atoms with Gasteiger partial charge in [-0.3, -0.25) is 4.79 Å². The molecule has 6 heteroatoms. The second-order valence-electron chi connectivity index (χ2n) is 6.00. The number of carbonyl (C=O) groups is 1. The van der Waals surface area contributed by atoms with Gasteiger partial charge < -0.3 is 14.8 Å². The first kappa shape index (κ1) is 16.8. The highest BCUT2D eigenvalue weighted by molar-refractivity contribution is 7.99. The van der Waals surface area contributed by atoms with Crippen molar-refractivity contribution in [3.63, 3.8) is 0 Å². The van der Waals surface area contributed by atoms with E-state index in [1.165, 1.54) is 19.3 Å². The standard InChI is InChI=1S/C17H22ClNO3S/c18-14-8-12(9-15-17(14)22-7-6-21-15)10-23-11-16(20)19-13-4-2-1-3-5-13/h8-9,13H,1-7,10-11H2,(H,19,20). The summed E-state index contributed by atoms with van der Waals surface area (Å²) in [5.74, 6) is 2.66. The normalized spacial score (nSPS) is 17.8. The van der Waals surface area contributed by atoms with Crippen molar-refractivity contribution in [3.8, 4) is 11.5 Å². The van der Waals surface area contributed by atoms with Gasteiger partial charge in [0, 0.05) is 11.8 Å².